The molecule has 0 radical (unpaired) electrons. The Morgan fingerprint density at radius 3 is 2.89 bits per heavy atom. The second-order valence-corrected chi connectivity index (χ2v) is 5.24. The van der Waals surface area contributed by atoms with Crippen molar-refractivity contribution < 1.29 is 4.79 Å². The predicted octanol–water partition coefficient (Wildman–Crippen LogP) is 0.106. The van der Waals surface area contributed by atoms with Crippen LogP contribution in [0.2, 0.25) is 5.15 Å². The fourth-order valence-corrected chi connectivity index (χ4v) is 2.16. The maximum Gasteiger partial charge on any atom is 0.271 e. The van der Waals surface area contributed by atoms with E-state index in [0.29, 0.717) is 12.6 Å². The largest absolute Gasteiger partial charge is 0.349 e. The van der Waals surface area contributed by atoms with Crippen molar-refractivity contribution in [2.45, 2.75) is 6.04 Å². The molecule has 0 spiro atoms. The summed E-state index contributed by atoms with van der Waals surface area (Å²) in [6.07, 6.45) is 0. The molecular weight excluding hydrogens is 266 g/mol. The number of aromatic nitrogens is 2. The Kier molecular flexibility index (Phi) is 4.68. The lowest BCUT2D eigenvalue weighted by Gasteiger charge is -2.37. The van der Waals surface area contributed by atoms with E-state index in [0.717, 1.165) is 19.6 Å². The third-order valence-electron chi connectivity index (χ3n) is 3.34. The molecule has 1 saturated heterocycles. The number of hydrogen-bond acceptors (Lipinski definition) is 5. The molecule has 2 rings (SSSR count). The lowest BCUT2D eigenvalue weighted by atomic mass is 10.2. The van der Waals surface area contributed by atoms with Gasteiger partial charge in [0.15, 0.2) is 10.8 Å². The molecule has 6 nitrogen and oxygen atoms in total. The number of carbonyl (C=O) groups is 1. The standard InChI is InChI=1S/C12H18ClN5O/c1-17-5-6-18(2)9(8-17)7-14-12(19)10-3-4-11(13)16-15-10/h3-4,9H,5-8H2,1-2H3,(H,14,19). The summed E-state index contributed by atoms with van der Waals surface area (Å²) >= 11 is 5.63. The molecule has 7 heteroatoms. The first kappa shape index (κ1) is 14.2. The zero-order chi connectivity index (χ0) is 13.8. The van der Waals surface area contributed by atoms with Crippen molar-refractivity contribution in [1.82, 2.24) is 25.3 Å². The predicted molar refractivity (Wildman–Crippen MR) is 73.3 cm³/mol. The molecule has 1 aromatic rings. The smallest absolute Gasteiger partial charge is 0.271 e. The van der Waals surface area contributed by atoms with Gasteiger partial charge in [-0.2, -0.15) is 0 Å². The summed E-state index contributed by atoms with van der Waals surface area (Å²) in [6.45, 7) is 3.62. The Labute approximate surface area is 117 Å². The van der Waals surface area contributed by atoms with E-state index in [4.69, 9.17) is 11.6 Å². The van der Waals surface area contributed by atoms with E-state index in [1.165, 1.54) is 0 Å². The lowest BCUT2D eigenvalue weighted by Crippen LogP contribution is -2.54. The van der Waals surface area contributed by atoms with Crippen LogP contribution in [0.25, 0.3) is 0 Å². The molecule has 2 heterocycles. The molecule has 1 unspecified atom stereocenters. The lowest BCUT2D eigenvalue weighted by molar-refractivity contribution is 0.0876. The van der Waals surface area contributed by atoms with Crippen LogP contribution in [-0.4, -0.2) is 72.2 Å². The van der Waals surface area contributed by atoms with Gasteiger partial charge in [-0.15, -0.1) is 10.2 Å². The van der Waals surface area contributed by atoms with E-state index in [1.807, 2.05) is 0 Å². The van der Waals surface area contributed by atoms with E-state index in [2.05, 4.69) is 39.4 Å². The summed E-state index contributed by atoms with van der Waals surface area (Å²) < 4.78 is 0. The van der Waals surface area contributed by atoms with Crippen LogP contribution in [0.3, 0.4) is 0 Å². The minimum Gasteiger partial charge on any atom is -0.349 e. The van der Waals surface area contributed by atoms with Crippen molar-refractivity contribution in [1.29, 1.82) is 0 Å². The van der Waals surface area contributed by atoms with Gasteiger partial charge in [-0.25, -0.2) is 0 Å². The van der Waals surface area contributed by atoms with Crippen molar-refractivity contribution >= 4 is 17.5 Å². The molecule has 104 valence electrons. The molecule has 1 amide bonds. The SMILES string of the molecule is CN1CCN(C)C(CNC(=O)c2ccc(Cl)nn2)C1. The summed E-state index contributed by atoms with van der Waals surface area (Å²) in [4.78, 5) is 16.4. The van der Waals surface area contributed by atoms with Gasteiger partial charge in [-0.1, -0.05) is 11.6 Å². The number of hydrogen-bond donors (Lipinski definition) is 1. The molecule has 1 aromatic heterocycles. The molecule has 1 fully saturated rings. The number of halogens is 1. The topological polar surface area (TPSA) is 61.4 Å². The number of nitrogens with one attached hydrogen (secondary N) is 1. The molecule has 1 aliphatic rings. The van der Waals surface area contributed by atoms with Crippen molar-refractivity contribution in [3.05, 3.63) is 23.0 Å². The van der Waals surface area contributed by atoms with Crippen LogP contribution in [0.4, 0.5) is 0 Å². The molecule has 0 saturated carbocycles. The molecular formula is C12H18ClN5O. The number of rotatable bonds is 3. The van der Waals surface area contributed by atoms with Crippen LogP contribution in [0.1, 0.15) is 10.5 Å². The number of piperazine rings is 1. The molecule has 0 aliphatic carbocycles. The highest BCUT2D eigenvalue weighted by molar-refractivity contribution is 6.29. The number of carbonyl (C=O) groups excluding carboxylic acids is 1. The summed E-state index contributed by atoms with van der Waals surface area (Å²) in [5.74, 6) is -0.217. The van der Waals surface area contributed by atoms with Gasteiger partial charge < -0.3 is 10.2 Å². The Balaban J connectivity index is 1.87. The van der Waals surface area contributed by atoms with E-state index >= 15 is 0 Å². The quantitative estimate of drug-likeness (QED) is 0.853. The number of nitrogens with zero attached hydrogens (tertiary/aromatic N) is 4. The second kappa shape index (κ2) is 6.27. The van der Waals surface area contributed by atoms with Gasteiger partial charge in [0.1, 0.15) is 0 Å². The Morgan fingerprint density at radius 1 is 1.42 bits per heavy atom. The van der Waals surface area contributed by atoms with Gasteiger partial charge in [0.2, 0.25) is 0 Å². The minimum absolute atomic E-state index is 0.217. The number of amides is 1. The average Bonchev–Trinajstić information content (AvgIpc) is 2.40. The van der Waals surface area contributed by atoms with Crippen molar-refractivity contribution in [2.24, 2.45) is 0 Å². The fraction of sp³-hybridized carbons (Fsp3) is 0.583. The maximum atomic E-state index is 11.9. The molecule has 19 heavy (non-hydrogen) atoms. The van der Waals surface area contributed by atoms with E-state index in [9.17, 15) is 4.79 Å². The van der Waals surface area contributed by atoms with Gasteiger partial charge in [-0.05, 0) is 26.2 Å². The monoisotopic (exact) mass is 283 g/mol. The van der Waals surface area contributed by atoms with Gasteiger partial charge in [0.25, 0.3) is 5.91 Å². The maximum absolute atomic E-state index is 11.9. The first-order chi connectivity index (χ1) is 9.06. The van der Waals surface area contributed by atoms with E-state index in [1.54, 1.807) is 12.1 Å². The highest BCUT2D eigenvalue weighted by atomic mass is 35.5. The third kappa shape index (κ3) is 3.86. The Bertz CT molecular complexity index is 438. The summed E-state index contributed by atoms with van der Waals surface area (Å²) in [5.41, 5.74) is 0.288. The Morgan fingerprint density at radius 2 is 2.21 bits per heavy atom. The average molecular weight is 284 g/mol. The van der Waals surface area contributed by atoms with E-state index in [-0.39, 0.29) is 16.8 Å². The Hall–Kier alpha value is -1.24. The van der Waals surface area contributed by atoms with Crippen LogP contribution in [0.5, 0.6) is 0 Å². The first-order valence-corrected chi connectivity index (χ1v) is 6.60. The zero-order valence-corrected chi connectivity index (χ0v) is 11.9. The zero-order valence-electron chi connectivity index (χ0n) is 11.1. The molecule has 0 aromatic carbocycles. The normalized spacial score (nSPS) is 21.3. The van der Waals surface area contributed by atoms with Gasteiger partial charge in [0.05, 0.1) is 0 Å². The van der Waals surface area contributed by atoms with Crippen LogP contribution < -0.4 is 5.32 Å². The van der Waals surface area contributed by atoms with Gasteiger partial charge in [-0.3, -0.25) is 9.69 Å². The molecule has 1 N–H and O–H groups in total. The van der Waals surface area contributed by atoms with Crippen LogP contribution >= 0.6 is 11.6 Å². The second-order valence-electron chi connectivity index (χ2n) is 4.85. The van der Waals surface area contributed by atoms with Crippen LogP contribution in [0.15, 0.2) is 12.1 Å². The highest BCUT2D eigenvalue weighted by Crippen LogP contribution is 2.05. The van der Waals surface area contributed by atoms with Gasteiger partial charge in [0, 0.05) is 32.2 Å². The van der Waals surface area contributed by atoms with Crippen molar-refractivity contribution in [3.63, 3.8) is 0 Å². The van der Waals surface area contributed by atoms with Gasteiger partial charge >= 0.3 is 0 Å². The molecule has 1 atom stereocenters. The van der Waals surface area contributed by atoms with Crippen LogP contribution in [-0.2, 0) is 0 Å². The molecule has 0 bridgehead atoms. The first-order valence-electron chi connectivity index (χ1n) is 6.22. The number of likely N-dealkylation sites (N-methyl/N-ethyl adjacent to an activating group) is 2. The fourth-order valence-electron chi connectivity index (χ4n) is 2.06. The summed E-state index contributed by atoms with van der Waals surface area (Å²) in [5, 5.41) is 10.6. The molecule has 1 aliphatic heterocycles. The highest BCUT2D eigenvalue weighted by Gasteiger charge is 2.22. The summed E-state index contributed by atoms with van der Waals surface area (Å²) in [7, 11) is 4.17. The third-order valence-corrected chi connectivity index (χ3v) is 3.54. The summed E-state index contributed by atoms with van der Waals surface area (Å²) in [6, 6.07) is 3.45. The van der Waals surface area contributed by atoms with Crippen molar-refractivity contribution in [3.8, 4) is 0 Å². The van der Waals surface area contributed by atoms with E-state index < -0.39 is 0 Å². The van der Waals surface area contributed by atoms with Crippen LogP contribution in [0, 0.1) is 0 Å². The van der Waals surface area contributed by atoms with Crippen molar-refractivity contribution in [2.75, 3.05) is 40.3 Å². The minimum atomic E-state index is -0.217.